The fourth-order valence-corrected chi connectivity index (χ4v) is 1.67. The zero-order valence-corrected chi connectivity index (χ0v) is 11.3. The van der Waals surface area contributed by atoms with E-state index in [1.54, 1.807) is 30.3 Å². The van der Waals surface area contributed by atoms with Crippen LogP contribution >= 0.6 is 0 Å². The molecule has 0 amide bonds. The number of carboxylic acid groups (broad SMARTS) is 1. The fourth-order valence-electron chi connectivity index (χ4n) is 1.67. The molecule has 2 aromatic rings. The van der Waals surface area contributed by atoms with Gasteiger partial charge < -0.3 is 14.9 Å². The Labute approximate surface area is 121 Å². The molecule has 6 nitrogen and oxygen atoms in total. The van der Waals surface area contributed by atoms with Crippen LogP contribution in [-0.2, 0) is 0 Å². The minimum absolute atomic E-state index is 0.00627. The molecule has 21 heavy (non-hydrogen) atoms. The maximum Gasteiger partial charge on any atom is 0.335 e. The van der Waals surface area contributed by atoms with Gasteiger partial charge in [-0.05, 0) is 36.4 Å². The highest BCUT2D eigenvalue weighted by molar-refractivity contribution is 5.88. The number of anilines is 1. The number of phenolic OH excluding ortho intramolecular Hbond substituents is 1. The van der Waals surface area contributed by atoms with Crippen molar-refractivity contribution in [2.75, 3.05) is 12.5 Å². The van der Waals surface area contributed by atoms with E-state index in [9.17, 15) is 9.90 Å². The van der Waals surface area contributed by atoms with Crippen LogP contribution in [0.3, 0.4) is 0 Å². The normalized spacial score (nSPS) is 10.5. The van der Waals surface area contributed by atoms with E-state index < -0.39 is 5.97 Å². The molecule has 0 aliphatic carbocycles. The lowest BCUT2D eigenvalue weighted by molar-refractivity contribution is 0.0697. The molecule has 0 fully saturated rings. The van der Waals surface area contributed by atoms with Crippen LogP contribution in [0.4, 0.5) is 5.69 Å². The van der Waals surface area contributed by atoms with Crippen molar-refractivity contribution in [3.8, 4) is 11.5 Å². The number of aromatic hydroxyl groups is 1. The Morgan fingerprint density at radius 2 is 1.95 bits per heavy atom. The van der Waals surface area contributed by atoms with Crippen LogP contribution in [0.15, 0.2) is 47.6 Å². The lowest BCUT2D eigenvalue weighted by Crippen LogP contribution is -1.96. The minimum Gasteiger partial charge on any atom is -0.504 e. The molecule has 0 atom stereocenters. The molecule has 0 radical (unpaired) electrons. The van der Waals surface area contributed by atoms with Crippen LogP contribution < -0.4 is 10.2 Å². The molecule has 0 bridgehead atoms. The molecule has 0 aromatic heterocycles. The van der Waals surface area contributed by atoms with E-state index in [1.165, 1.54) is 25.5 Å². The number of hydrogen-bond donors (Lipinski definition) is 3. The van der Waals surface area contributed by atoms with Crippen molar-refractivity contribution in [2.24, 2.45) is 5.10 Å². The van der Waals surface area contributed by atoms with E-state index in [0.717, 1.165) is 0 Å². The summed E-state index contributed by atoms with van der Waals surface area (Å²) in [6.07, 6.45) is 1.45. The number of carbonyl (C=O) groups is 1. The molecule has 108 valence electrons. The van der Waals surface area contributed by atoms with Crippen LogP contribution in [0, 0.1) is 0 Å². The Morgan fingerprint density at radius 1 is 1.24 bits per heavy atom. The Bertz CT molecular complexity index is 666. The van der Waals surface area contributed by atoms with E-state index in [1.807, 2.05) is 0 Å². The van der Waals surface area contributed by atoms with Crippen molar-refractivity contribution < 1.29 is 19.7 Å². The summed E-state index contributed by atoms with van der Waals surface area (Å²) in [5, 5.41) is 22.6. The lowest BCUT2D eigenvalue weighted by atomic mass is 10.2. The van der Waals surface area contributed by atoms with Gasteiger partial charge in [0.15, 0.2) is 11.5 Å². The molecule has 0 saturated heterocycles. The lowest BCUT2D eigenvalue weighted by Gasteiger charge is -2.05. The highest BCUT2D eigenvalue weighted by Gasteiger charge is 2.04. The van der Waals surface area contributed by atoms with Crippen LogP contribution in [0.25, 0.3) is 0 Å². The maximum atomic E-state index is 10.7. The molecule has 0 aliphatic heterocycles. The van der Waals surface area contributed by atoms with Crippen molar-refractivity contribution >= 4 is 17.9 Å². The third-order valence-electron chi connectivity index (χ3n) is 2.78. The molecule has 6 heteroatoms. The highest BCUT2D eigenvalue weighted by atomic mass is 16.5. The standard InChI is InChI=1S/C15H14N2O4/c1-21-13-4-2-3-11(14(13)18)9-16-17-12-7-5-10(6-8-12)15(19)20/h2-9,17-18H,1H3,(H,19,20)/b16-9+. The summed E-state index contributed by atoms with van der Waals surface area (Å²) in [5.41, 5.74) is 4.09. The summed E-state index contributed by atoms with van der Waals surface area (Å²) < 4.78 is 5.00. The number of hydrazone groups is 1. The number of hydrogen-bond acceptors (Lipinski definition) is 5. The summed E-state index contributed by atoms with van der Waals surface area (Å²) in [7, 11) is 1.47. The third-order valence-corrected chi connectivity index (χ3v) is 2.78. The summed E-state index contributed by atoms with van der Waals surface area (Å²) >= 11 is 0. The Hall–Kier alpha value is -3.02. The number of carboxylic acids is 1. The van der Waals surface area contributed by atoms with Crippen molar-refractivity contribution in [1.82, 2.24) is 0 Å². The van der Waals surface area contributed by atoms with Crippen LogP contribution in [0.1, 0.15) is 15.9 Å². The Morgan fingerprint density at radius 3 is 2.57 bits per heavy atom. The number of rotatable bonds is 5. The fraction of sp³-hybridized carbons (Fsp3) is 0.0667. The SMILES string of the molecule is COc1cccc(/C=N/Nc2ccc(C(=O)O)cc2)c1O. The van der Waals surface area contributed by atoms with Gasteiger partial charge in [-0.15, -0.1) is 0 Å². The van der Waals surface area contributed by atoms with Gasteiger partial charge in [-0.1, -0.05) is 6.07 Å². The summed E-state index contributed by atoms with van der Waals surface area (Å²) in [6, 6.07) is 11.2. The third kappa shape index (κ3) is 3.50. The molecule has 0 saturated carbocycles. The molecule has 0 unspecified atom stereocenters. The first kappa shape index (κ1) is 14.4. The van der Waals surface area contributed by atoms with Gasteiger partial charge in [-0.2, -0.15) is 5.10 Å². The number of aromatic carboxylic acids is 1. The smallest absolute Gasteiger partial charge is 0.335 e. The van der Waals surface area contributed by atoms with Gasteiger partial charge in [0.1, 0.15) is 0 Å². The topological polar surface area (TPSA) is 91.2 Å². The first-order valence-electron chi connectivity index (χ1n) is 6.10. The van der Waals surface area contributed by atoms with Crippen LogP contribution in [0.5, 0.6) is 11.5 Å². The molecule has 0 spiro atoms. The molecule has 0 aliphatic rings. The number of methoxy groups -OCH3 is 1. The van der Waals surface area contributed by atoms with E-state index in [4.69, 9.17) is 9.84 Å². The van der Waals surface area contributed by atoms with Gasteiger partial charge in [0.05, 0.1) is 24.6 Å². The van der Waals surface area contributed by atoms with E-state index in [2.05, 4.69) is 10.5 Å². The van der Waals surface area contributed by atoms with Crippen LogP contribution in [-0.4, -0.2) is 29.5 Å². The number of nitrogens with one attached hydrogen (secondary N) is 1. The molecule has 3 N–H and O–H groups in total. The van der Waals surface area contributed by atoms with Crippen LogP contribution in [0.2, 0.25) is 0 Å². The quantitative estimate of drug-likeness (QED) is 0.580. The summed E-state index contributed by atoms with van der Waals surface area (Å²) in [4.78, 5) is 10.7. The Kier molecular flexibility index (Phi) is 4.40. The molecule has 2 aromatic carbocycles. The zero-order chi connectivity index (χ0) is 15.2. The number of nitrogens with zero attached hydrogens (tertiary/aromatic N) is 1. The van der Waals surface area contributed by atoms with E-state index in [0.29, 0.717) is 17.0 Å². The molecule has 0 heterocycles. The second kappa shape index (κ2) is 6.42. The molecule has 2 rings (SSSR count). The van der Waals surface area contributed by atoms with Gasteiger partial charge in [0.25, 0.3) is 0 Å². The second-order valence-corrected chi connectivity index (χ2v) is 4.15. The minimum atomic E-state index is -0.980. The Balaban J connectivity index is 2.07. The average molecular weight is 286 g/mol. The number of para-hydroxylation sites is 1. The predicted molar refractivity (Wildman–Crippen MR) is 79.3 cm³/mol. The van der Waals surface area contributed by atoms with Crippen molar-refractivity contribution in [3.05, 3.63) is 53.6 Å². The number of benzene rings is 2. The highest BCUT2D eigenvalue weighted by Crippen LogP contribution is 2.27. The van der Waals surface area contributed by atoms with Gasteiger partial charge in [0.2, 0.25) is 0 Å². The first-order chi connectivity index (χ1) is 10.1. The largest absolute Gasteiger partial charge is 0.504 e. The summed E-state index contributed by atoms with van der Waals surface area (Å²) in [6.45, 7) is 0. The predicted octanol–water partition coefficient (Wildman–Crippen LogP) is 2.55. The second-order valence-electron chi connectivity index (χ2n) is 4.15. The zero-order valence-electron chi connectivity index (χ0n) is 11.3. The first-order valence-corrected chi connectivity index (χ1v) is 6.10. The van der Waals surface area contributed by atoms with Crippen molar-refractivity contribution in [2.45, 2.75) is 0 Å². The number of phenols is 1. The summed E-state index contributed by atoms with van der Waals surface area (Å²) in [5.74, 6) is -0.608. The van der Waals surface area contributed by atoms with Crippen molar-refractivity contribution in [3.63, 3.8) is 0 Å². The molecular weight excluding hydrogens is 272 g/mol. The van der Waals surface area contributed by atoms with Gasteiger partial charge in [0, 0.05) is 5.56 Å². The van der Waals surface area contributed by atoms with Gasteiger partial charge in [-0.3, -0.25) is 5.43 Å². The van der Waals surface area contributed by atoms with Gasteiger partial charge in [-0.25, -0.2) is 4.79 Å². The maximum absolute atomic E-state index is 10.7. The van der Waals surface area contributed by atoms with Gasteiger partial charge >= 0.3 is 5.97 Å². The molecular formula is C15H14N2O4. The number of ether oxygens (including phenoxy) is 1. The average Bonchev–Trinajstić information content (AvgIpc) is 2.49. The van der Waals surface area contributed by atoms with E-state index >= 15 is 0 Å². The monoisotopic (exact) mass is 286 g/mol. The van der Waals surface area contributed by atoms with Crippen molar-refractivity contribution in [1.29, 1.82) is 0 Å². The van der Waals surface area contributed by atoms with E-state index in [-0.39, 0.29) is 11.3 Å².